The lowest BCUT2D eigenvalue weighted by Crippen LogP contribution is -2.15. The number of ether oxygens (including phenoxy) is 1. The van der Waals surface area contributed by atoms with Crippen LogP contribution in [-0.2, 0) is 6.54 Å². The van der Waals surface area contributed by atoms with Gasteiger partial charge in [-0.1, -0.05) is 36.2 Å². The van der Waals surface area contributed by atoms with Crippen molar-refractivity contribution in [3.05, 3.63) is 51.9 Å². The molecule has 0 atom stereocenters. The van der Waals surface area contributed by atoms with Crippen LogP contribution in [0.1, 0.15) is 19.0 Å². The van der Waals surface area contributed by atoms with Crippen molar-refractivity contribution in [2.24, 2.45) is 0 Å². The third-order valence-corrected chi connectivity index (χ3v) is 3.38. The zero-order valence-corrected chi connectivity index (χ0v) is 13.0. The van der Waals surface area contributed by atoms with E-state index in [9.17, 15) is 4.39 Å². The lowest BCUT2D eigenvalue weighted by Gasteiger charge is -2.10. The summed E-state index contributed by atoms with van der Waals surface area (Å²) < 4.78 is 19.2. The van der Waals surface area contributed by atoms with Crippen LogP contribution in [-0.4, -0.2) is 11.5 Å². The first kappa shape index (κ1) is 16.0. The Bertz CT molecular complexity index is 623. The van der Waals surface area contributed by atoms with Crippen LogP contribution in [0.4, 0.5) is 4.39 Å². The van der Waals surface area contributed by atoms with Crippen molar-refractivity contribution >= 4 is 23.2 Å². The first-order valence-electron chi connectivity index (χ1n) is 6.59. The summed E-state index contributed by atoms with van der Waals surface area (Å²) in [5.74, 6) is -0.305. The number of pyridine rings is 1. The molecule has 3 nitrogen and oxygen atoms in total. The molecular formula is C15H15Cl2FN2O. The second kappa shape index (κ2) is 7.59. The van der Waals surface area contributed by atoms with E-state index in [2.05, 4.69) is 17.2 Å². The van der Waals surface area contributed by atoms with Gasteiger partial charge < -0.3 is 10.1 Å². The topological polar surface area (TPSA) is 34.2 Å². The van der Waals surface area contributed by atoms with Gasteiger partial charge in [0.25, 0.3) is 0 Å². The van der Waals surface area contributed by atoms with Crippen molar-refractivity contribution < 1.29 is 9.13 Å². The quantitative estimate of drug-likeness (QED) is 0.772. The molecule has 1 aromatic heterocycles. The molecule has 0 radical (unpaired) electrons. The number of benzene rings is 1. The number of nitrogens with zero attached hydrogens (tertiary/aromatic N) is 1. The van der Waals surface area contributed by atoms with E-state index in [0.29, 0.717) is 17.3 Å². The molecule has 0 saturated heterocycles. The van der Waals surface area contributed by atoms with Gasteiger partial charge in [0.1, 0.15) is 0 Å². The summed E-state index contributed by atoms with van der Waals surface area (Å²) in [6.45, 7) is 3.47. The van der Waals surface area contributed by atoms with Crippen molar-refractivity contribution in [3.8, 4) is 11.6 Å². The molecule has 112 valence electrons. The van der Waals surface area contributed by atoms with E-state index < -0.39 is 5.82 Å². The van der Waals surface area contributed by atoms with Gasteiger partial charge in [0.05, 0.1) is 15.7 Å². The van der Waals surface area contributed by atoms with Crippen LogP contribution in [0, 0.1) is 5.82 Å². The molecule has 1 heterocycles. The lowest BCUT2D eigenvalue weighted by molar-refractivity contribution is 0.425. The van der Waals surface area contributed by atoms with Crippen molar-refractivity contribution in [3.63, 3.8) is 0 Å². The highest BCUT2D eigenvalue weighted by molar-refractivity contribution is 6.31. The number of hydrogen-bond donors (Lipinski definition) is 1. The third kappa shape index (κ3) is 4.30. The molecule has 1 aromatic carbocycles. The highest BCUT2D eigenvalue weighted by Gasteiger charge is 2.10. The molecule has 0 spiro atoms. The number of hydrogen-bond acceptors (Lipinski definition) is 3. The van der Waals surface area contributed by atoms with E-state index in [0.717, 1.165) is 13.0 Å². The molecule has 6 heteroatoms. The highest BCUT2D eigenvalue weighted by Crippen LogP contribution is 2.28. The summed E-state index contributed by atoms with van der Waals surface area (Å²) in [6, 6.07) is 7.83. The second-order valence-electron chi connectivity index (χ2n) is 4.41. The molecule has 2 aromatic rings. The molecule has 0 bridgehead atoms. The summed E-state index contributed by atoms with van der Waals surface area (Å²) in [5, 5.41) is 3.75. The van der Waals surface area contributed by atoms with Gasteiger partial charge in [0.15, 0.2) is 11.6 Å². The van der Waals surface area contributed by atoms with Crippen molar-refractivity contribution in [2.75, 3.05) is 6.54 Å². The molecule has 1 N–H and O–H groups in total. The molecule has 0 saturated carbocycles. The largest absolute Gasteiger partial charge is 0.436 e. The second-order valence-corrected chi connectivity index (χ2v) is 5.22. The van der Waals surface area contributed by atoms with E-state index in [1.807, 2.05) is 0 Å². The average molecular weight is 329 g/mol. The summed E-state index contributed by atoms with van der Waals surface area (Å²) in [6.07, 6.45) is 1.02. The van der Waals surface area contributed by atoms with Gasteiger partial charge in [-0.15, -0.1) is 0 Å². The zero-order chi connectivity index (χ0) is 15.2. The first-order valence-corrected chi connectivity index (χ1v) is 7.35. The number of nitrogens with one attached hydrogen (secondary N) is 1. The predicted octanol–water partition coefficient (Wildman–Crippen LogP) is 4.82. The molecule has 0 aliphatic heterocycles. The maximum absolute atomic E-state index is 13.8. The summed E-state index contributed by atoms with van der Waals surface area (Å²) in [5.41, 5.74) is 0.657. The Balaban J connectivity index is 2.17. The van der Waals surface area contributed by atoms with Crippen molar-refractivity contribution in [1.29, 1.82) is 0 Å². The van der Waals surface area contributed by atoms with Crippen LogP contribution < -0.4 is 10.1 Å². The van der Waals surface area contributed by atoms with Gasteiger partial charge in [-0.05, 0) is 31.2 Å². The minimum absolute atomic E-state index is 0.00583. The van der Waals surface area contributed by atoms with E-state index in [4.69, 9.17) is 27.9 Å². The highest BCUT2D eigenvalue weighted by atomic mass is 35.5. The fourth-order valence-corrected chi connectivity index (χ4v) is 2.04. The maximum Gasteiger partial charge on any atom is 0.219 e. The van der Waals surface area contributed by atoms with Crippen LogP contribution in [0.2, 0.25) is 10.0 Å². The SMILES string of the molecule is CCCNCc1nc(Oc2cccc(Cl)c2F)ccc1Cl. The Hall–Kier alpha value is -1.36. The molecule has 2 rings (SSSR count). The average Bonchev–Trinajstić information content (AvgIpc) is 2.47. The van der Waals surface area contributed by atoms with E-state index in [1.54, 1.807) is 18.2 Å². The normalized spacial score (nSPS) is 10.7. The van der Waals surface area contributed by atoms with Crippen molar-refractivity contribution in [2.45, 2.75) is 19.9 Å². The van der Waals surface area contributed by atoms with Crippen LogP contribution in [0.3, 0.4) is 0 Å². The fourth-order valence-electron chi connectivity index (χ4n) is 1.70. The van der Waals surface area contributed by atoms with Crippen LogP contribution >= 0.6 is 23.2 Å². The maximum atomic E-state index is 13.8. The predicted molar refractivity (Wildman–Crippen MR) is 82.7 cm³/mol. The number of rotatable bonds is 6. The van der Waals surface area contributed by atoms with E-state index in [-0.39, 0.29) is 16.7 Å². The molecule has 21 heavy (non-hydrogen) atoms. The fraction of sp³-hybridized carbons (Fsp3) is 0.267. The van der Waals surface area contributed by atoms with Gasteiger partial charge in [0.2, 0.25) is 5.88 Å². The minimum Gasteiger partial charge on any atom is -0.436 e. The van der Waals surface area contributed by atoms with Crippen LogP contribution in [0.5, 0.6) is 11.6 Å². The van der Waals surface area contributed by atoms with Gasteiger partial charge in [-0.25, -0.2) is 9.37 Å². The molecule has 0 fully saturated rings. The monoisotopic (exact) mass is 328 g/mol. The minimum atomic E-state index is -0.610. The first-order chi connectivity index (χ1) is 10.1. The third-order valence-electron chi connectivity index (χ3n) is 2.74. The van der Waals surface area contributed by atoms with Gasteiger partial charge in [-0.2, -0.15) is 0 Å². The summed E-state index contributed by atoms with van der Waals surface area (Å²) >= 11 is 11.8. The van der Waals surface area contributed by atoms with Gasteiger partial charge in [0, 0.05) is 12.6 Å². The van der Waals surface area contributed by atoms with Crippen LogP contribution in [0.25, 0.3) is 0 Å². The van der Waals surface area contributed by atoms with Gasteiger partial charge in [-0.3, -0.25) is 0 Å². The van der Waals surface area contributed by atoms with Crippen molar-refractivity contribution in [1.82, 2.24) is 10.3 Å². The zero-order valence-electron chi connectivity index (χ0n) is 11.5. The Labute approximate surface area is 133 Å². The molecule has 0 unspecified atom stereocenters. The summed E-state index contributed by atoms with van der Waals surface area (Å²) in [4.78, 5) is 4.28. The molecule has 0 amide bonds. The standard InChI is InChI=1S/C15H15Cl2FN2O/c1-2-8-19-9-12-10(16)6-7-14(20-12)21-13-5-3-4-11(17)15(13)18/h3-7,19H,2,8-9H2,1H3. The Morgan fingerprint density at radius 2 is 2.00 bits per heavy atom. The summed E-state index contributed by atoms with van der Waals surface area (Å²) in [7, 11) is 0. The molecule has 0 aliphatic carbocycles. The number of halogens is 3. The van der Waals surface area contributed by atoms with E-state index >= 15 is 0 Å². The lowest BCUT2D eigenvalue weighted by atomic mass is 10.3. The Kier molecular flexibility index (Phi) is 5.79. The van der Waals surface area contributed by atoms with Crippen LogP contribution in [0.15, 0.2) is 30.3 Å². The number of aromatic nitrogens is 1. The van der Waals surface area contributed by atoms with Gasteiger partial charge >= 0.3 is 0 Å². The van der Waals surface area contributed by atoms with E-state index in [1.165, 1.54) is 12.1 Å². The molecule has 0 aliphatic rings. The Morgan fingerprint density at radius 1 is 1.19 bits per heavy atom. The smallest absolute Gasteiger partial charge is 0.219 e. The molecular weight excluding hydrogens is 314 g/mol. The Morgan fingerprint density at radius 3 is 2.76 bits per heavy atom.